The molecule has 1 aliphatic heterocycles. The van der Waals surface area contributed by atoms with Crippen molar-refractivity contribution in [2.45, 2.75) is 25.6 Å². The zero-order chi connectivity index (χ0) is 15.7. The van der Waals surface area contributed by atoms with E-state index < -0.39 is 11.7 Å². The van der Waals surface area contributed by atoms with Gasteiger partial charge in [0, 0.05) is 44.0 Å². The number of nitrogens with one attached hydrogen (secondary N) is 1. The van der Waals surface area contributed by atoms with Crippen LogP contribution in [0.3, 0.4) is 0 Å². The third-order valence-corrected chi connectivity index (χ3v) is 4.17. The molecule has 2 aromatic rings. The van der Waals surface area contributed by atoms with Gasteiger partial charge in [0.1, 0.15) is 11.3 Å². The summed E-state index contributed by atoms with van der Waals surface area (Å²) in [6, 6.07) is 5.65. The minimum atomic E-state index is -4.32. The molecule has 1 aromatic heterocycles. The van der Waals surface area contributed by atoms with E-state index in [9.17, 15) is 13.2 Å². The zero-order valence-corrected chi connectivity index (χ0v) is 12.4. The Kier molecular flexibility index (Phi) is 4.14. The van der Waals surface area contributed by atoms with Crippen LogP contribution in [0.2, 0.25) is 0 Å². The Labute approximate surface area is 127 Å². The molecular formula is C16H19F3N2O. The molecule has 3 nitrogen and oxygen atoms in total. The summed E-state index contributed by atoms with van der Waals surface area (Å²) in [4.78, 5) is 2.37. The maximum atomic E-state index is 12.7. The number of furan rings is 1. The van der Waals surface area contributed by atoms with Crippen LogP contribution in [0.4, 0.5) is 13.2 Å². The van der Waals surface area contributed by atoms with Crippen molar-refractivity contribution in [3.8, 4) is 0 Å². The van der Waals surface area contributed by atoms with E-state index in [2.05, 4.69) is 17.1 Å². The Hall–Kier alpha value is -1.53. The van der Waals surface area contributed by atoms with E-state index in [1.807, 2.05) is 0 Å². The Bertz CT molecular complexity index is 644. The molecule has 1 aromatic carbocycles. The van der Waals surface area contributed by atoms with Gasteiger partial charge >= 0.3 is 6.18 Å². The first-order valence-electron chi connectivity index (χ1n) is 7.48. The van der Waals surface area contributed by atoms with E-state index in [4.69, 9.17) is 4.42 Å². The van der Waals surface area contributed by atoms with Crippen LogP contribution in [0.5, 0.6) is 0 Å². The summed E-state index contributed by atoms with van der Waals surface area (Å²) in [5, 5.41) is 3.82. The van der Waals surface area contributed by atoms with Crippen molar-refractivity contribution in [3.05, 3.63) is 35.6 Å². The van der Waals surface area contributed by atoms with Gasteiger partial charge in [-0.1, -0.05) is 0 Å². The van der Waals surface area contributed by atoms with Crippen LogP contribution in [0.1, 0.15) is 18.2 Å². The predicted octanol–water partition coefficient (Wildman–Crippen LogP) is 3.29. The Morgan fingerprint density at radius 2 is 1.95 bits per heavy atom. The minimum Gasteiger partial charge on any atom is -0.461 e. The van der Waals surface area contributed by atoms with Gasteiger partial charge in [0.25, 0.3) is 0 Å². The Balaban J connectivity index is 1.77. The predicted molar refractivity (Wildman–Crippen MR) is 78.8 cm³/mol. The number of benzene rings is 1. The van der Waals surface area contributed by atoms with Gasteiger partial charge in [-0.25, -0.2) is 0 Å². The van der Waals surface area contributed by atoms with Crippen molar-refractivity contribution in [2.75, 3.05) is 26.2 Å². The number of halogens is 3. The molecule has 3 rings (SSSR count). The van der Waals surface area contributed by atoms with Crippen LogP contribution in [-0.2, 0) is 12.6 Å². The third kappa shape index (κ3) is 3.28. The summed E-state index contributed by atoms with van der Waals surface area (Å²) in [7, 11) is 0. The van der Waals surface area contributed by atoms with Gasteiger partial charge in [-0.2, -0.15) is 13.2 Å². The lowest BCUT2D eigenvalue weighted by Gasteiger charge is -2.32. The number of hydrogen-bond donors (Lipinski definition) is 1. The lowest BCUT2D eigenvalue weighted by molar-refractivity contribution is -0.137. The van der Waals surface area contributed by atoms with Crippen LogP contribution in [0, 0.1) is 0 Å². The molecule has 1 atom stereocenters. The van der Waals surface area contributed by atoms with Gasteiger partial charge in [-0.15, -0.1) is 0 Å². The largest absolute Gasteiger partial charge is 0.461 e. The summed E-state index contributed by atoms with van der Waals surface area (Å²) >= 11 is 0. The van der Waals surface area contributed by atoms with Gasteiger partial charge in [-0.3, -0.25) is 4.90 Å². The second kappa shape index (κ2) is 5.93. The summed E-state index contributed by atoms with van der Waals surface area (Å²) < 4.78 is 43.9. The van der Waals surface area contributed by atoms with Crippen LogP contribution in [0.15, 0.2) is 28.7 Å². The van der Waals surface area contributed by atoms with E-state index in [1.54, 1.807) is 6.07 Å². The highest BCUT2D eigenvalue weighted by Gasteiger charge is 2.30. The average Bonchev–Trinajstić information content (AvgIpc) is 2.88. The van der Waals surface area contributed by atoms with Gasteiger partial charge in [-0.05, 0) is 31.2 Å². The zero-order valence-electron chi connectivity index (χ0n) is 12.4. The highest BCUT2D eigenvalue weighted by Crippen LogP contribution is 2.32. The van der Waals surface area contributed by atoms with Gasteiger partial charge in [0.2, 0.25) is 0 Å². The Morgan fingerprint density at radius 1 is 1.23 bits per heavy atom. The van der Waals surface area contributed by atoms with E-state index in [0.29, 0.717) is 23.4 Å². The topological polar surface area (TPSA) is 28.4 Å². The molecule has 1 aliphatic rings. The van der Waals surface area contributed by atoms with Crippen molar-refractivity contribution in [2.24, 2.45) is 0 Å². The number of nitrogens with zero attached hydrogens (tertiary/aromatic N) is 1. The quantitative estimate of drug-likeness (QED) is 0.943. The first-order valence-corrected chi connectivity index (χ1v) is 7.48. The van der Waals surface area contributed by atoms with Crippen LogP contribution < -0.4 is 5.32 Å². The molecule has 0 aliphatic carbocycles. The maximum absolute atomic E-state index is 12.7. The molecule has 1 N–H and O–H groups in total. The van der Waals surface area contributed by atoms with Crippen LogP contribution >= 0.6 is 0 Å². The fourth-order valence-corrected chi connectivity index (χ4v) is 2.92. The molecule has 0 bridgehead atoms. The van der Waals surface area contributed by atoms with Crippen LogP contribution in [-0.4, -0.2) is 37.1 Å². The molecule has 1 saturated heterocycles. The van der Waals surface area contributed by atoms with Crippen molar-refractivity contribution in [1.29, 1.82) is 0 Å². The highest BCUT2D eigenvalue weighted by atomic mass is 19.4. The molecule has 1 unspecified atom stereocenters. The second-order valence-electron chi connectivity index (χ2n) is 5.80. The number of fused-ring (bicyclic) bond motifs is 1. The van der Waals surface area contributed by atoms with Gasteiger partial charge in [0.05, 0.1) is 5.56 Å². The first kappa shape index (κ1) is 15.4. The molecule has 1 fully saturated rings. The molecular weight excluding hydrogens is 293 g/mol. The fraction of sp³-hybridized carbons (Fsp3) is 0.500. The highest BCUT2D eigenvalue weighted by molar-refractivity contribution is 5.78. The van der Waals surface area contributed by atoms with Crippen molar-refractivity contribution >= 4 is 11.0 Å². The number of piperazine rings is 1. The number of hydrogen-bond acceptors (Lipinski definition) is 3. The van der Waals surface area contributed by atoms with E-state index >= 15 is 0 Å². The van der Waals surface area contributed by atoms with E-state index in [-0.39, 0.29) is 0 Å². The van der Waals surface area contributed by atoms with Crippen molar-refractivity contribution < 1.29 is 17.6 Å². The lowest BCUT2D eigenvalue weighted by Crippen LogP contribution is -2.48. The fourth-order valence-electron chi connectivity index (χ4n) is 2.92. The maximum Gasteiger partial charge on any atom is 0.416 e. The monoisotopic (exact) mass is 312 g/mol. The van der Waals surface area contributed by atoms with Crippen molar-refractivity contribution in [3.63, 3.8) is 0 Å². The van der Waals surface area contributed by atoms with E-state index in [0.717, 1.165) is 44.1 Å². The first-order chi connectivity index (χ1) is 10.4. The van der Waals surface area contributed by atoms with E-state index in [1.165, 1.54) is 6.07 Å². The molecule has 22 heavy (non-hydrogen) atoms. The van der Waals surface area contributed by atoms with Crippen LogP contribution in [0.25, 0.3) is 11.0 Å². The summed E-state index contributed by atoms with van der Waals surface area (Å²) in [6.45, 7) is 6.04. The molecule has 0 amide bonds. The SMILES string of the molecule is CC(Cc1cc2cc(C(F)(F)F)ccc2o1)N1CCNCC1. The third-order valence-electron chi connectivity index (χ3n) is 4.17. The van der Waals surface area contributed by atoms with Crippen molar-refractivity contribution in [1.82, 2.24) is 10.2 Å². The number of rotatable bonds is 3. The van der Waals surface area contributed by atoms with Gasteiger partial charge in [0.15, 0.2) is 0 Å². The minimum absolute atomic E-state index is 0.310. The smallest absolute Gasteiger partial charge is 0.416 e. The molecule has 6 heteroatoms. The van der Waals surface area contributed by atoms with Gasteiger partial charge < -0.3 is 9.73 Å². The number of alkyl halides is 3. The summed E-state index contributed by atoms with van der Waals surface area (Å²) in [5.41, 5.74) is -0.127. The average molecular weight is 312 g/mol. The standard InChI is InChI=1S/C16H19F3N2O/c1-11(21-6-4-20-5-7-21)8-14-10-12-9-13(16(17,18)19)2-3-15(12)22-14/h2-3,9-11,20H,4-8H2,1H3. The normalized spacial score (nSPS) is 18.7. The summed E-state index contributed by atoms with van der Waals surface area (Å²) in [5.74, 6) is 0.736. The second-order valence-corrected chi connectivity index (χ2v) is 5.80. The molecule has 0 saturated carbocycles. The summed E-state index contributed by atoms with van der Waals surface area (Å²) in [6.07, 6.45) is -3.62. The Morgan fingerprint density at radius 3 is 2.64 bits per heavy atom. The molecule has 2 heterocycles. The molecule has 0 radical (unpaired) electrons. The molecule has 0 spiro atoms. The lowest BCUT2D eigenvalue weighted by atomic mass is 10.1. The molecule has 120 valence electrons.